The molecule has 1 fully saturated rings. The van der Waals surface area contributed by atoms with Crippen LogP contribution in [0, 0.1) is 0 Å². The molecule has 2 heterocycles. The highest BCUT2D eigenvalue weighted by molar-refractivity contribution is 5.40. The summed E-state index contributed by atoms with van der Waals surface area (Å²) in [7, 11) is 1.70. The van der Waals surface area contributed by atoms with Crippen molar-refractivity contribution in [1.29, 1.82) is 0 Å². The first-order chi connectivity index (χ1) is 13.3. The van der Waals surface area contributed by atoms with Gasteiger partial charge in [-0.3, -0.25) is 9.88 Å². The van der Waals surface area contributed by atoms with Gasteiger partial charge in [0.15, 0.2) is 0 Å². The van der Waals surface area contributed by atoms with Crippen LogP contribution in [0.4, 0.5) is 0 Å². The van der Waals surface area contributed by atoms with Crippen molar-refractivity contribution >= 4 is 0 Å². The van der Waals surface area contributed by atoms with Crippen LogP contribution in [-0.4, -0.2) is 42.7 Å². The van der Waals surface area contributed by atoms with Gasteiger partial charge >= 0.3 is 0 Å². The van der Waals surface area contributed by atoms with Crippen LogP contribution < -0.4 is 14.8 Å². The van der Waals surface area contributed by atoms with Crippen LogP contribution in [0.25, 0.3) is 0 Å². The van der Waals surface area contributed by atoms with E-state index in [2.05, 4.69) is 28.2 Å². The van der Waals surface area contributed by atoms with Crippen LogP contribution in [0.15, 0.2) is 42.6 Å². The third-order valence-corrected chi connectivity index (χ3v) is 5.22. The third kappa shape index (κ3) is 5.68. The van der Waals surface area contributed by atoms with Crippen molar-refractivity contribution in [2.75, 3.05) is 26.7 Å². The van der Waals surface area contributed by atoms with Crippen LogP contribution in [-0.2, 0) is 13.2 Å². The monoisotopic (exact) mass is 369 g/mol. The van der Waals surface area contributed by atoms with Crippen molar-refractivity contribution < 1.29 is 9.47 Å². The van der Waals surface area contributed by atoms with E-state index in [1.54, 1.807) is 13.3 Å². The maximum atomic E-state index is 6.04. The highest BCUT2D eigenvalue weighted by atomic mass is 16.5. The molecule has 0 bridgehead atoms. The van der Waals surface area contributed by atoms with Gasteiger partial charge in [-0.15, -0.1) is 0 Å². The zero-order chi connectivity index (χ0) is 18.9. The molecule has 5 nitrogen and oxygen atoms in total. The van der Waals surface area contributed by atoms with E-state index in [1.165, 1.54) is 25.8 Å². The number of methoxy groups -OCH3 is 1. The van der Waals surface area contributed by atoms with E-state index in [4.69, 9.17) is 9.47 Å². The number of likely N-dealkylation sites (tertiary alicyclic amines) is 1. The first kappa shape index (κ1) is 19.6. The van der Waals surface area contributed by atoms with Gasteiger partial charge in [-0.2, -0.15) is 0 Å². The molecule has 1 unspecified atom stereocenters. The van der Waals surface area contributed by atoms with Crippen molar-refractivity contribution in [1.82, 2.24) is 15.2 Å². The van der Waals surface area contributed by atoms with Gasteiger partial charge in [0.2, 0.25) is 0 Å². The van der Waals surface area contributed by atoms with E-state index in [0.717, 1.165) is 42.4 Å². The molecular formula is C22H31N3O2. The molecule has 0 aliphatic carbocycles. The minimum Gasteiger partial charge on any atom is -0.497 e. The Bertz CT molecular complexity index is 693. The molecule has 27 heavy (non-hydrogen) atoms. The molecule has 0 spiro atoms. The van der Waals surface area contributed by atoms with E-state index in [9.17, 15) is 0 Å². The summed E-state index contributed by atoms with van der Waals surface area (Å²) in [6.45, 7) is 6.84. The molecule has 1 aromatic heterocycles. The predicted octanol–water partition coefficient (Wildman–Crippen LogP) is 3.63. The number of ether oxygens (including phenoxy) is 2. The molecule has 1 atom stereocenters. The SMILES string of the molecule is CCN1CCCCC1CNCc1cc(OC)ccc1OCc1ccccn1. The van der Waals surface area contributed by atoms with Gasteiger partial charge in [0.25, 0.3) is 0 Å². The lowest BCUT2D eigenvalue weighted by molar-refractivity contribution is 0.153. The summed E-state index contributed by atoms with van der Waals surface area (Å²) < 4.78 is 11.4. The van der Waals surface area contributed by atoms with Crippen molar-refractivity contribution in [3.8, 4) is 11.5 Å². The average Bonchev–Trinajstić information content (AvgIpc) is 2.73. The highest BCUT2D eigenvalue weighted by Gasteiger charge is 2.20. The number of nitrogens with zero attached hydrogens (tertiary/aromatic N) is 2. The van der Waals surface area contributed by atoms with Crippen LogP contribution in [0.1, 0.15) is 37.4 Å². The Kier molecular flexibility index (Phi) is 7.48. The fraction of sp³-hybridized carbons (Fsp3) is 0.500. The lowest BCUT2D eigenvalue weighted by Crippen LogP contribution is -2.45. The van der Waals surface area contributed by atoms with Gasteiger partial charge in [-0.1, -0.05) is 19.4 Å². The Morgan fingerprint density at radius 2 is 2.15 bits per heavy atom. The predicted molar refractivity (Wildman–Crippen MR) is 108 cm³/mol. The number of aromatic nitrogens is 1. The quantitative estimate of drug-likeness (QED) is 0.731. The van der Waals surface area contributed by atoms with E-state index < -0.39 is 0 Å². The highest BCUT2D eigenvalue weighted by Crippen LogP contribution is 2.25. The normalized spacial score (nSPS) is 17.6. The lowest BCUT2D eigenvalue weighted by Gasteiger charge is -2.35. The average molecular weight is 370 g/mol. The number of piperidine rings is 1. The Labute approximate surface area is 162 Å². The number of pyridine rings is 1. The van der Waals surface area contributed by atoms with Crippen molar-refractivity contribution in [3.05, 3.63) is 53.9 Å². The second-order valence-corrected chi connectivity index (χ2v) is 6.99. The molecule has 1 aliphatic rings. The molecule has 5 heteroatoms. The smallest absolute Gasteiger partial charge is 0.130 e. The summed E-state index contributed by atoms with van der Waals surface area (Å²) in [5.74, 6) is 1.73. The molecule has 0 radical (unpaired) electrons. The van der Waals surface area contributed by atoms with Gasteiger partial charge in [-0.25, -0.2) is 0 Å². The molecular weight excluding hydrogens is 338 g/mol. The Balaban J connectivity index is 1.60. The Hall–Kier alpha value is -2.11. The van der Waals surface area contributed by atoms with Crippen molar-refractivity contribution in [2.45, 2.75) is 45.4 Å². The van der Waals surface area contributed by atoms with E-state index in [1.807, 2.05) is 30.3 Å². The summed E-state index contributed by atoms with van der Waals surface area (Å²) in [6, 6.07) is 12.5. The summed E-state index contributed by atoms with van der Waals surface area (Å²) in [6.07, 6.45) is 5.73. The van der Waals surface area contributed by atoms with Gasteiger partial charge < -0.3 is 14.8 Å². The van der Waals surface area contributed by atoms with Crippen LogP contribution in [0.2, 0.25) is 0 Å². The first-order valence-electron chi connectivity index (χ1n) is 9.94. The molecule has 1 N–H and O–H groups in total. The van der Waals surface area contributed by atoms with Gasteiger partial charge in [0.1, 0.15) is 18.1 Å². The Morgan fingerprint density at radius 3 is 2.93 bits per heavy atom. The van der Waals surface area contributed by atoms with E-state index in [0.29, 0.717) is 12.6 Å². The number of benzene rings is 1. The van der Waals surface area contributed by atoms with Gasteiger partial charge in [0, 0.05) is 30.9 Å². The molecule has 146 valence electrons. The van der Waals surface area contributed by atoms with Crippen LogP contribution in [0.3, 0.4) is 0 Å². The van der Waals surface area contributed by atoms with Gasteiger partial charge in [-0.05, 0) is 56.3 Å². The zero-order valence-corrected chi connectivity index (χ0v) is 16.5. The van der Waals surface area contributed by atoms with Gasteiger partial charge in [0.05, 0.1) is 12.8 Å². The standard InChI is InChI=1S/C22H31N3O2/c1-3-25-13-7-5-9-20(25)16-23-15-18-14-21(26-2)10-11-22(18)27-17-19-8-4-6-12-24-19/h4,6,8,10-12,14,20,23H,3,5,7,9,13,15-17H2,1-2H3. The molecule has 0 saturated carbocycles. The molecule has 3 rings (SSSR count). The number of hydrogen-bond donors (Lipinski definition) is 1. The number of hydrogen-bond acceptors (Lipinski definition) is 5. The van der Waals surface area contributed by atoms with E-state index >= 15 is 0 Å². The van der Waals surface area contributed by atoms with Crippen LogP contribution in [0.5, 0.6) is 11.5 Å². The number of likely N-dealkylation sites (N-methyl/N-ethyl adjacent to an activating group) is 1. The fourth-order valence-corrected chi connectivity index (χ4v) is 3.68. The number of nitrogens with one attached hydrogen (secondary N) is 1. The molecule has 1 aliphatic heterocycles. The second-order valence-electron chi connectivity index (χ2n) is 6.99. The minimum atomic E-state index is 0.465. The second kappa shape index (κ2) is 10.3. The molecule has 1 saturated heterocycles. The molecule has 0 amide bonds. The summed E-state index contributed by atoms with van der Waals surface area (Å²) in [5, 5.41) is 3.63. The largest absolute Gasteiger partial charge is 0.497 e. The third-order valence-electron chi connectivity index (χ3n) is 5.22. The maximum Gasteiger partial charge on any atom is 0.130 e. The van der Waals surface area contributed by atoms with E-state index in [-0.39, 0.29) is 0 Å². The topological polar surface area (TPSA) is 46.6 Å². The van der Waals surface area contributed by atoms with Crippen LogP contribution >= 0.6 is 0 Å². The first-order valence-corrected chi connectivity index (χ1v) is 9.94. The Morgan fingerprint density at radius 1 is 1.22 bits per heavy atom. The maximum absolute atomic E-state index is 6.04. The van der Waals surface area contributed by atoms with Crippen molar-refractivity contribution in [2.24, 2.45) is 0 Å². The number of rotatable bonds is 9. The molecule has 2 aromatic rings. The summed E-state index contributed by atoms with van der Waals surface area (Å²) in [4.78, 5) is 6.91. The summed E-state index contributed by atoms with van der Waals surface area (Å²) in [5.41, 5.74) is 2.04. The summed E-state index contributed by atoms with van der Waals surface area (Å²) >= 11 is 0. The fourth-order valence-electron chi connectivity index (χ4n) is 3.68. The van der Waals surface area contributed by atoms with Crippen molar-refractivity contribution in [3.63, 3.8) is 0 Å². The zero-order valence-electron chi connectivity index (χ0n) is 16.5. The minimum absolute atomic E-state index is 0.465. The lowest BCUT2D eigenvalue weighted by atomic mass is 10.0. The molecule has 1 aromatic carbocycles.